The van der Waals surface area contributed by atoms with Gasteiger partial charge in [0, 0.05) is 5.56 Å². The maximum atomic E-state index is 15.5. The topological polar surface area (TPSA) is 233 Å². The Morgan fingerprint density at radius 3 is 1.79 bits per heavy atom. The molecule has 0 spiro atoms. The molecule has 2 radical (unpaired) electrons. The molecule has 4 heterocycles. The van der Waals surface area contributed by atoms with Gasteiger partial charge >= 0.3 is 5.51 Å². The van der Waals surface area contributed by atoms with Gasteiger partial charge in [-0.25, -0.2) is 23.2 Å². The molecular formula is C47H80F3N5O13SSi4. The van der Waals surface area contributed by atoms with Crippen molar-refractivity contribution in [2.45, 2.75) is 209 Å². The Hall–Kier alpha value is -2.42. The van der Waals surface area contributed by atoms with Crippen LogP contribution in [0.25, 0.3) is 0 Å². The lowest BCUT2D eigenvalue weighted by Gasteiger charge is -2.47. The third kappa shape index (κ3) is 11.2. The number of hydrogen-bond acceptors (Lipinski definition) is 15. The Morgan fingerprint density at radius 2 is 1.34 bits per heavy atom. The van der Waals surface area contributed by atoms with Gasteiger partial charge in [0.25, 0.3) is 20.7 Å². The van der Waals surface area contributed by atoms with Crippen LogP contribution in [0.5, 0.6) is 0 Å². The minimum Gasteiger partial charge on any atom is -0.394 e. The molecule has 3 aliphatic rings. The van der Waals surface area contributed by atoms with Crippen LogP contribution in [0.3, 0.4) is 0 Å². The molecule has 5 N–H and O–H groups in total. The van der Waals surface area contributed by atoms with E-state index < -0.39 is 121 Å². The van der Waals surface area contributed by atoms with Crippen molar-refractivity contribution in [2.75, 3.05) is 25.2 Å². The zero-order valence-corrected chi connectivity index (χ0v) is 49.9. The summed E-state index contributed by atoms with van der Waals surface area (Å²) in [6, 6.07) is 7.83. The molecule has 0 aliphatic carbocycles. The first-order chi connectivity index (χ1) is 33.8. The highest BCUT2D eigenvalue weighted by molar-refractivity contribution is 7.93. The Labute approximate surface area is 434 Å². The maximum absolute atomic E-state index is 15.5. The molecule has 2 aromatic rings. The van der Waals surface area contributed by atoms with E-state index in [0.717, 1.165) is 10.9 Å². The Balaban J connectivity index is 1.76. The van der Waals surface area contributed by atoms with Gasteiger partial charge in [-0.2, -0.15) is 18.2 Å². The van der Waals surface area contributed by atoms with Crippen LogP contribution in [0.4, 0.5) is 19.0 Å². The van der Waals surface area contributed by atoms with Crippen LogP contribution in [0.2, 0.25) is 44.3 Å². The quantitative estimate of drug-likeness (QED) is 0.0432. The van der Waals surface area contributed by atoms with Gasteiger partial charge in [-0.3, -0.25) is 18.5 Å². The zero-order chi connectivity index (χ0) is 55.1. The normalized spacial score (nSPS) is 26.2. The molecule has 414 valence electrons. The number of aliphatic imine (C=N–C) groups is 1. The molecule has 73 heavy (non-hydrogen) atoms. The number of aliphatic hydroxyl groups excluding tert-OH is 3. The lowest BCUT2D eigenvalue weighted by atomic mass is 10.1. The third-order valence-corrected chi connectivity index (χ3v) is 50.8. The molecule has 0 unspecified atom stereocenters. The SMILES string of the molecule is CC(C)[Si](C(C)C)[Si](OOC[C@H]1O[C@@H](n2cnc3c2NCN([C@@H]2O[C@H](CO)[C@@H](O)[C@@H]2O)C3=NC(=O)c2ccccc2)[C@@](O)(S(=O)(=O)C(F)(F)F)[C@@H]1OO[Si](C(C)C)(C(C)C)[Si](C(C)C)C(C)C)(C(C)C)C(C)C. The first-order valence-electron chi connectivity index (χ1n) is 25.3. The van der Waals surface area contributed by atoms with Gasteiger partial charge in [-0.1, -0.05) is 151 Å². The van der Waals surface area contributed by atoms with Gasteiger partial charge in [-0.05, 0) is 34.3 Å². The van der Waals surface area contributed by atoms with Crippen molar-refractivity contribution in [3.63, 3.8) is 0 Å². The minimum absolute atomic E-state index is 0.0129. The molecule has 26 heteroatoms. The van der Waals surface area contributed by atoms with E-state index in [2.05, 4.69) is 98.4 Å². The van der Waals surface area contributed by atoms with Crippen LogP contribution < -0.4 is 5.32 Å². The summed E-state index contributed by atoms with van der Waals surface area (Å²) in [5.74, 6) is -1.40. The van der Waals surface area contributed by atoms with Crippen LogP contribution in [-0.4, -0.2) is 154 Å². The molecule has 18 nitrogen and oxygen atoms in total. The van der Waals surface area contributed by atoms with Gasteiger partial charge in [0.2, 0.25) is 15.7 Å². The number of aromatic nitrogens is 2. The van der Waals surface area contributed by atoms with Crippen molar-refractivity contribution in [3.8, 4) is 0 Å². The highest BCUT2D eigenvalue weighted by atomic mass is 32.2. The predicted octanol–water partition coefficient (Wildman–Crippen LogP) is 7.70. The number of anilines is 1. The number of nitrogens with one attached hydrogen (secondary N) is 1. The molecule has 0 saturated carbocycles. The number of carbonyl (C=O) groups excluding carboxylic acids is 1. The van der Waals surface area contributed by atoms with Crippen molar-refractivity contribution in [2.24, 2.45) is 4.99 Å². The fourth-order valence-corrected chi connectivity index (χ4v) is 45.9. The summed E-state index contributed by atoms with van der Waals surface area (Å²) >= 11 is 0. The summed E-state index contributed by atoms with van der Waals surface area (Å²) in [7, 11) is -15.9. The van der Waals surface area contributed by atoms with Crippen LogP contribution in [0.1, 0.15) is 133 Å². The van der Waals surface area contributed by atoms with Crippen LogP contribution in [-0.2, 0) is 38.2 Å². The number of halogens is 3. The molecule has 1 amide bonds. The summed E-state index contributed by atoms with van der Waals surface area (Å²) in [6.07, 6.45) is -11.8. The fraction of sp³-hybridized carbons (Fsp3) is 0.766. The van der Waals surface area contributed by atoms with E-state index >= 15 is 13.2 Å². The summed E-state index contributed by atoms with van der Waals surface area (Å²) in [6.45, 7) is 31.1. The number of alkyl halides is 3. The number of amidine groups is 1. The number of aliphatic hydroxyl groups is 4. The second kappa shape index (κ2) is 23.7. The second-order valence-corrected chi connectivity index (χ2v) is 46.8. The summed E-state index contributed by atoms with van der Waals surface area (Å²) in [4.78, 5) is 32.3. The van der Waals surface area contributed by atoms with Gasteiger partial charge in [0.15, 0.2) is 24.4 Å². The van der Waals surface area contributed by atoms with E-state index in [9.17, 15) is 33.6 Å². The number of nitrogens with zero attached hydrogens (tertiary/aromatic N) is 4. The highest BCUT2D eigenvalue weighted by Gasteiger charge is 2.74. The summed E-state index contributed by atoms with van der Waals surface area (Å²) in [5, 5.41) is 47.8. The smallest absolute Gasteiger partial charge is 0.394 e. The Kier molecular flexibility index (Phi) is 19.9. The van der Waals surface area contributed by atoms with E-state index in [1.165, 1.54) is 17.0 Å². The van der Waals surface area contributed by atoms with E-state index in [1.54, 1.807) is 18.2 Å². The maximum Gasteiger partial charge on any atom is 0.500 e. The minimum atomic E-state index is -6.76. The number of carbonyl (C=O) groups is 1. The van der Waals surface area contributed by atoms with Crippen molar-refractivity contribution >= 4 is 59.7 Å². The number of rotatable bonds is 22. The first kappa shape index (κ1) is 61.4. The third-order valence-electron chi connectivity index (χ3n) is 14.7. The molecular weight excluding hydrogens is 1040 g/mol. The molecule has 5 rings (SSSR count). The van der Waals surface area contributed by atoms with E-state index in [4.69, 9.17) is 28.4 Å². The number of imidazole rings is 1. The van der Waals surface area contributed by atoms with Crippen molar-refractivity contribution in [1.82, 2.24) is 14.5 Å². The number of sulfone groups is 1. The van der Waals surface area contributed by atoms with Crippen molar-refractivity contribution in [1.29, 1.82) is 0 Å². The zero-order valence-electron chi connectivity index (χ0n) is 45.0. The van der Waals surface area contributed by atoms with Crippen LogP contribution in [0.15, 0.2) is 41.7 Å². The molecule has 2 fully saturated rings. The summed E-state index contributed by atoms with van der Waals surface area (Å²) < 4.78 is 102. The average molecular weight is 1120 g/mol. The fourth-order valence-electron chi connectivity index (χ4n) is 11.8. The van der Waals surface area contributed by atoms with Gasteiger partial charge in [0.05, 0.1) is 36.2 Å². The standard InChI is InChI=1S/C47H80F3N5O13SSi4/c1-26(2)70(27(3)4)72(30(9)10,31(11)12)67-63-23-36-40(66-68-73(32(13)14,33(15)16)71(28(5)6)29(7)8)46(60,69(61,62)47(48,49)50)45(65-36)55-24-51-37-41(55)52-25-54(44-39(58)38(57)35(22-56)64-44)42(37)53-43(59)34-20-18-17-19-21-34/h17-21,24,26-33,35-36,38-40,44-45,52,56-58,60H,22-23,25H2,1-16H3/t35-,36-,38-,39+,40-,44-,45-,46+/m1/s1. The number of ether oxygens (including phenoxy) is 2. The molecule has 1 aromatic heterocycles. The number of hydrogen-bond donors (Lipinski definition) is 5. The number of amides is 1. The largest absolute Gasteiger partial charge is 0.500 e. The molecule has 8 atom stereocenters. The lowest BCUT2D eigenvalue weighted by Crippen LogP contribution is -2.64. The van der Waals surface area contributed by atoms with Gasteiger partial charge in [0.1, 0.15) is 42.5 Å². The Bertz CT molecular complexity index is 2280. The average Bonchev–Trinajstić information content (AvgIpc) is 3.94. The van der Waals surface area contributed by atoms with Crippen molar-refractivity contribution in [3.05, 3.63) is 47.9 Å². The molecule has 1 aromatic carbocycles. The molecule has 2 saturated heterocycles. The van der Waals surface area contributed by atoms with Crippen LogP contribution in [0, 0.1) is 0 Å². The predicted molar refractivity (Wildman–Crippen MR) is 278 cm³/mol. The van der Waals surface area contributed by atoms with Gasteiger partial charge in [-0.15, -0.1) is 0 Å². The number of benzene rings is 1. The van der Waals surface area contributed by atoms with E-state index in [0.29, 0.717) is 0 Å². The lowest BCUT2D eigenvalue weighted by molar-refractivity contribution is -0.300. The van der Waals surface area contributed by atoms with E-state index in [-0.39, 0.29) is 67.2 Å². The van der Waals surface area contributed by atoms with Gasteiger partial charge < -0.3 is 40.1 Å². The first-order valence-corrected chi connectivity index (χ1v) is 36.2. The molecule has 3 aliphatic heterocycles. The van der Waals surface area contributed by atoms with Crippen LogP contribution >= 0.6 is 0 Å². The van der Waals surface area contributed by atoms with Crippen molar-refractivity contribution < 1.29 is 75.2 Å². The van der Waals surface area contributed by atoms with E-state index in [1.807, 2.05) is 27.7 Å². The number of fused-ring (bicyclic) bond motifs is 1. The highest BCUT2D eigenvalue weighted by Crippen LogP contribution is 2.53. The molecule has 0 bridgehead atoms. The monoisotopic (exact) mass is 1120 g/mol. The Morgan fingerprint density at radius 1 is 0.836 bits per heavy atom. The summed E-state index contributed by atoms with van der Waals surface area (Å²) in [5.41, 5.74) is -5.95. The second-order valence-electron chi connectivity index (χ2n) is 21.9.